The molecule has 3 aromatic rings. The fourth-order valence-corrected chi connectivity index (χ4v) is 3.12. The molecule has 2 aromatic carbocycles. The van der Waals surface area contributed by atoms with Gasteiger partial charge in [-0.05, 0) is 60.8 Å². The molecular weight excluding hydrogens is 394 g/mol. The normalized spacial score (nSPS) is 11.4. The summed E-state index contributed by atoms with van der Waals surface area (Å²) in [6.07, 6.45) is 0. The monoisotopic (exact) mass is 408 g/mol. The van der Waals surface area contributed by atoms with E-state index in [1.165, 1.54) is 19.2 Å². The third kappa shape index (κ3) is 3.73. The maximum absolute atomic E-state index is 14.1. The SMILES string of the molecule is CNS(=O)(=O)c1ccc(F)c(C(=O)Nc2ccc(F)c(-n3nnnc3C)c2)c1. The Kier molecular flexibility index (Phi) is 5.16. The second-order valence-electron chi connectivity index (χ2n) is 5.61. The standard InChI is InChI=1S/C16H14F2N6O3S/c1-9-21-22-23-24(9)15-7-10(3-5-14(15)18)20-16(25)12-8-11(4-6-13(12)17)28(26,27)19-2/h3-8,19H,1-2H3,(H,20,25). The Bertz CT molecular complexity index is 1160. The minimum absolute atomic E-state index is 0.0210. The molecule has 0 saturated heterocycles. The van der Waals surface area contributed by atoms with Gasteiger partial charge in [0.25, 0.3) is 5.91 Å². The number of nitrogens with one attached hydrogen (secondary N) is 2. The zero-order valence-corrected chi connectivity index (χ0v) is 15.5. The van der Waals surface area contributed by atoms with Crippen molar-refractivity contribution in [1.29, 1.82) is 0 Å². The molecule has 1 aromatic heterocycles. The number of hydrogen-bond donors (Lipinski definition) is 2. The van der Waals surface area contributed by atoms with Gasteiger partial charge in [-0.3, -0.25) is 4.79 Å². The number of hydrogen-bond acceptors (Lipinski definition) is 6. The topological polar surface area (TPSA) is 119 Å². The van der Waals surface area contributed by atoms with Crippen LogP contribution in [0.1, 0.15) is 16.2 Å². The Morgan fingerprint density at radius 3 is 2.46 bits per heavy atom. The lowest BCUT2D eigenvalue weighted by Crippen LogP contribution is -2.20. The Balaban J connectivity index is 1.94. The minimum atomic E-state index is -3.86. The van der Waals surface area contributed by atoms with Gasteiger partial charge in [-0.15, -0.1) is 5.10 Å². The van der Waals surface area contributed by atoms with E-state index in [1.54, 1.807) is 6.92 Å². The van der Waals surface area contributed by atoms with Gasteiger partial charge < -0.3 is 5.32 Å². The van der Waals surface area contributed by atoms with Gasteiger partial charge in [0, 0.05) is 5.69 Å². The second kappa shape index (κ2) is 7.40. The van der Waals surface area contributed by atoms with Crippen LogP contribution in [0.2, 0.25) is 0 Å². The van der Waals surface area contributed by atoms with Gasteiger partial charge in [-0.1, -0.05) is 0 Å². The number of halogens is 2. The van der Waals surface area contributed by atoms with Crippen molar-refractivity contribution in [2.75, 3.05) is 12.4 Å². The second-order valence-corrected chi connectivity index (χ2v) is 7.49. The predicted molar refractivity (Wildman–Crippen MR) is 94.4 cm³/mol. The Labute approximate surface area is 158 Å². The van der Waals surface area contributed by atoms with E-state index in [4.69, 9.17) is 0 Å². The fourth-order valence-electron chi connectivity index (χ4n) is 2.37. The van der Waals surface area contributed by atoms with Crippen LogP contribution in [-0.2, 0) is 10.0 Å². The summed E-state index contributed by atoms with van der Waals surface area (Å²) in [5, 5.41) is 13.1. The zero-order valence-electron chi connectivity index (χ0n) is 14.6. The number of carbonyl (C=O) groups is 1. The van der Waals surface area contributed by atoms with Crippen LogP contribution < -0.4 is 10.0 Å². The third-order valence-corrected chi connectivity index (χ3v) is 5.23. The molecule has 28 heavy (non-hydrogen) atoms. The van der Waals surface area contributed by atoms with Gasteiger partial charge in [-0.2, -0.15) is 4.68 Å². The van der Waals surface area contributed by atoms with Crippen molar-refractivity contribution in [2.24, 2.45) is 0 Å². The molecule has 0 radical (unpaired) electrons. The molecule has 0 aliphatic carbocycles. The summed E-state index contributed by atoms with van der Waals surface area (Å²) in [6.45, 7) is 1.56. The average molecular weight is 408 g/mol. The Morgan fingerprint density at radius 1 is 1.11 bits per heavy atom. The molecule has 0 atom stereocenters. The molecule has 3 rings (SSSR count). The van der Waals surface area contributed by atoms with Crippen molar-refractivity contribution in [3.8, 4) is 5.69 Å². The highest BCUT2D eigenvalue weighted by Gasteiger charge is 2.19. The number of anilines is 1. The average Bonchev–Trinajstić information content (AvgIpc) is 3.09. The van der Waals surface area contributed by atoms with Crippen LogP contribution in [0.5, 0.6) is 0 Å². The van der Waals surface area contributed by atoms with E-state index >= 15 is 0 Å². The Hall–Kier alpha value is -3.25. The quantitative estimate of drug-likeness (QED) is 0.659. The number of aryl methyl sites for hydroxylation is 1. The van der Waals surface area contributed by atoms with Gasteiger partial charge in [0.1, 0.15) is 17.3 Å². The van der Waals surface area contributed by atoms with E-state index < -0.39 is 33.1 Å². The molecule has 146 valence electrons. The fraction of sp³-hybridized carbons (Fsp3) is 0.125. The van der Waals surface area contributed by atoms with Crippen LogP contribution in [0.15, 0.2) is 41.3 Å². The molecule has 2 N–H and O–H groups in total. The summed E-state index contributed by atoms with van der Waals surface area (Å²) in [6, 6.07) is 6.44. The highest BCUT2D eigenvalue weighted by molar-refractivity contribution is 7.89. The first-order valence-electron chi connectivity index (χ1n) is 7.82. The summed E-state index contributed by atoms with van der Waals surface area (Å²) in [5.41, 5.74) is -0.370. The molecule has 0 bridgehead atoms. The summed E-state index contributed by atoms with van der Waals surface area (Å²) >= 11 is 0. The van der Waals surface area contributed by atoms with E-state index in [9.17, 15) is 22.0 Å². The molecule has 0 fully saturated rings. The number of sulfonamides is 1. The summed E-state index contributed by atoms with van der Waals surface area (Å²) in [4.78, 5) is 12.2. The molecule has 9 nitrogen and oxygen atoms in total. The number of nitrogens with zero attached hydrogens (tertiary/aromatic N) is 4. The number of carbonyl (C=O) groups excluding carboxylic acids is 1. The summed E-state index contributed by atoms with van der Waals surface area (Å²) < 4.78 is 55.1. The lowest BCUT2D eigenvalue weighted by atomic mass is 10.2. The highest BCUT2D eigenvalue weighted by atomic mass is 32.2. The molecular formula is C16H14F2N6O3S. The van der Waals surface area contributed by atoms with Gasteiger partial charge in [0.05, 0.1) is 10.5 Å². The molecule has 12 heteroatoms. The first-order valence-corrected chi connectivity index (χ1v) is 9.30. The third-order valence-electron chi connectivity index (χ3n) is 3.82. The van der Waals surface area contributed by atoms with E-state index in [-0.39, 0.29) is 16.3 Å². The van der Waals surface area contributed by atoms with Crippen LogP contribution >= 0.6 is 0 Å². The van der Waals surface area contributed by atoms with E-state index in [1.807, 2.05) is 0 Å². The van der Waals surface area contributed by atoms with Crippen LogP contribution in [0.4, 0.5) is 14.5 Å². The van der Waals surface area contributed by atoms with Gasteiger partial charge in [0.2, 0.25) is 10.0 Å². The number of benzene rings is 2. The zero-order chi connectivity index (χ0) is 20.5. The lowest BCUT2D eigenvalue weighted by molar-refractivity contribution is 0.102. The van der Waals surface area contributed by atoms with Gasteiger partial charge in [-0.25, -0.2) is 21.9 Å². The van der Waals surface area contributed by atoms with Crippen molar-refractivity contribution in [3.05, 3.63) is 59.4 Å². The lowest BCUT2D eigenvalue weighted by Gasteiger charge is -2.10. The molecule has 1 heterocycles. The number of amides is 1. The van der Waals surface area contributed by atoms with Gasteiger partial charge >= 0.3 is 0 Å². The smallest absolute Gasteiger partial charge is 0.258 e. The van der Waals surface area contributed by atoms with Crippen molar-refractivity contribution in [2.45, 2.75) is 11.8 Å². The summed E-state index contributed by atoms with van der Waals surface area (Å²) in [7, 11) is -2.67. The number of tetrazole rings is 1. The van der Waals surface area contributed by atoms with Crippen LogP contribution in [-0.4, -0.2) is 41.6 Å². The molecule has 0 unspecified atom stereocenters. The minimum Gasteiger partial charge on any atom is -0.322 e. The maximum atomic E-state index is 14.1. The van der Waals surface area contributed by atoms with E-state index in [0.717, 1.165) is 28.9 Å². The molecule has 0 saturated carbocycles. The van der Waals surface area contributed by atoms with E-state index in [2.05, 4.69) is 25.6 Å². The van der Waals surface area contributed by atoms with Gasteiger partial charge in [0.15, 0.2) is 5.82 Å². The van der Waals surface area contributed by atoms with Crippen molar-refractivity contribution in [1.82, 2.24) is 24.9 Å². The molecule has 1 amide bonds. The number of aromatic nitrogens is 4. The maximum Gasteiger partial charge on any atom is 0.258 e. The Morgan fingerprint density at radius 2 is 1.82 bits per heavy atom. The van der Waals surface area contributed by atoms with E-state index in [0.29, 0.717) is 5.82 Å². The predicted octanol–water partition coefficient (Wildman–Crippen LogP) is 1.41. The van der Waals surface area contributed by atoms with Crippen LogP contribution in [0.25, 0.3) is 5.69 Å². The number of rotatable bonds is 5. The largest absolute Gasteiger partial charge is 0.322 e. The van der Waals surface area contributed by atoms with Crippen LogP contribution in [0.3, 0.4) is 0 Å². The van der Waals surface area contributed by atoms with Crippen molar-refractivity contribution in [3.63, 3.8) is 0 Å². The first kappa shape index (κ1) is 19.5. The molecule has 0 spiro atoms. The highest BCUT2D eigenvalue weighted by Crippen LogP contribution is 2.21. The first-order chi connectivity index (χ1) is 13.2. The van der Waals surface area contributed by atoms with Crippen molar-refractivity contribution >= 4 is 21.6 Å². The van der Waals surface area contributed by atoms with Crippen LogP contribution in [0, 0.1) is 18.6 Å². The van der Waals surface area contributed by atoms with Crippen molar-refractivity contribution < 1.29 is 22.0 Å². The summed E-state index contributed by atoms with van der Waals surface area (Å²) in [5.74, 6) is -2.14. The molecule has 0 aliphatic rings. The molecule has 0 aliphatic heterocycles.